The zero-order valence-corrected chi connectivity index (χ0v) is 23.8. The zero-order chi connectivity index (χ0) is 28.3. The van der Waals surface area contributed by atoms with Crippen LogP contribution in [0.1, 0.15) is 26.7 Å². The summed E-state index contributed by atoms with van der Waals surface area (Å²) >= 11 is 6.01. The number of hydrogen-bond donors (Lipinski definition) is 2. The van der Waals surface area contributed by atoms with Crippen molar-refractivity contribution in [2.75, 3.05) is 36.5 Å². The molecular weight excluding hydrogens is 545 g/mol. The van der Waals surface area contributed by atoms with Crippen molar-refractivity contribution in [2.24, 2.45) is 0 Å². The van der Waals surface area contributed by atoms with Crippen LogP contribution in [0.4, 0.5) is 10.1 Å². The number of fused-ring (bicyclic) bond motifs is 1. The van der Waals surface area contributed by atoms with E-state index in [2.05, 4.69) is 20.5 Å². The van der Waals surface area contributed by atoms with Crippen molar-refractivity contribution < 1.29 is 17.6 Å². The van der Waals surface area contributed by atoms with Gasteiger partial charge in [0.1, 0.15) is 28.0 Å². The number of anilines is 1. The molecule has 2 N–H and O–H groups in total. The minimum atomic E-state index is -3.08. The van der Waals surface area contributed by atoms with Crippen molar-refractivity contribution in [2.45, 2.75) is 45.3 Å². The SMILES string of the molecule is CC(C)NC(=O)Cn1c(-c2ccc(F)c(Cl)c2)nc2ccc(N3CCCNC(CCS(C)(=O)=O)C3)cc2c1=O. The van der Waals surface area contributed by atoms with E-state index >= 15 is 0 Å². The summed E-state index contributed by atoms with van der Waals surface area (Å²) < 4.78 is 38.5. The lowest BCUT2D eigenvalue weighted by Crippen LogP contribution is -2.39. The molecule has 1 aliphatic heterocycles. The van der Waals surface area contributed by atoms with Crippen molar-refractivity contribution in [3.05, 3.63) is 57.6 Å². The average Bonchev–Trinajstić information content (AvgIpc) is 3.11. The van der Waals surface area contributed by atoms with Crippen LogP contribution in [0, 0.1) is 5.82 Å². The van der Waals surface area contributed by atoms with Gasteiger partial charge in [0.2, 0.25) is 5.91 Å². The van der Waals surface area contributed by atoms with Crippen molar-refractivity contribution in [3.63, 3.8) is 0 Å². The Morgan fingerprint density at radius 1 is 1.26 bits per heavy atom. The van der Waals surface area contributed by atoms with Gasteiger partial charge in [-0.25, -0.2) is 17.8 Å². The van der Waals surface area contributed by atoms with Crippen molar-refractivity contribution in [3.8, 4) is 11.4 Å². The summed E-state index contributed by atoms with van der Waals surface area (Å²) in [6, 6.07) is 9.32. The first-order chi connectivity index (χ1) is 18.4. The van der Waals surface area contributed by atoms with E-state index in [1.54, 1.807) is 12.1 Å². The molecule has 1 aliphatic rings. The Hall–Kier alpha value is -3.02. The number of benzene rings is 2. The van der Waals surface area contributed by atoms with Crippen LogP contribution in [-0.4, -0.2) is 67.6 Å². The number of sulfone groups is 1. The molecule has 39 heavy (non-hydrogen) atoms. The number of nitrogens with one attached hydrogen (secondary N) is 2. The van der Waals surface area contributed by atoms with Crippen LogP contribution >= 0.6 is 11.6 Å². The molecule has 0 radical (unpaired) electrons. The van der Waals surface area contributed by atoms with Crippen LogP contribution in [0.5, 0.6) is 0 Å². The number of carbonyl (C=O) groups is 1. The fourth-order valence-corrected chi connectivity index (χ4v) is 5.59. The molecule has 1 atom stereocenters. The summed E-state index contributed by atoms with van der Waals surface area (Å²) in [7, 11) is -3.08. The summed E-state index contributed by atoms with van der Waals surface area (Å²) in [4.78, 5) is 33.3. The van der Waals surface area contributed by atoms with Crippen molar-refractivity contribution >= 4 is 43.9 Å². The molecule has 2 aromatic carbocycles. The van der Waals surface area contributed by atoms with E-state index in [1.165, 1.54) is 29.0 Å². The molecule has 0 aliphatic carbocycles. The molecule has 9 nitrogen and oxygen atoms in total. The minimum Gasteiger partial charge on any atom is -0.370 e. The molecule has 12 heteroatoms. The van der Waals surface area contributed by atoms with Gasteiger partial charge >= 0.3 is 0 Å². The number of rotatable bonds is 8. The lowest BCUT2D eigenvalue weighted by molar-refractivity contribution is -0.122. The Morgan fingerprint density at radius 2 is 2.03 bits per heavy atom. The summed E-state index contributed by atoms with van der Waals surface area (Å²) in [6.45, 7) is 5.47. The molecule has 2 heterocycles. The number of amides is 1. The highest BCUT2D eigenvalue weighted by Gasteiger charge is 2.22. The van der Waals surface area contributed by atoms with E-state index in [4.69, 9.17) is 11.6 Å². The Labute approximate surface area is 232 Å². The third kappa shape index (κ3) is 7.34. The summed E-state index contributed by atoms with van der Waals surface area (Å²) in [5.41, 5.74) is 1.25. The molecule has 0 spiro atoms. The third-order valence-electron chi connectivity index (χ3n) is 6.55. The fourth-order valence-electron chi connectivity index (χ4n) is 4.70. The van der Waals surface area contributed by atoms with E-state index in [-0.39, 0.29) is 41.1 Å². The monoisotopic (exact) mass is 577 g/mol. The zero-order valence-electron chi connectivity index (χ0n) is 22.2. The Bertz CT molecular complexity index is 1540. The van der Waals surface area contributed by atoms with Crippen LogP contribution < -0.4 is 21.1 Å². The summed E-state index contributed by atoms with van der Waals surface area (Å²) in [6.07, 6.45) is 2.58. The van der Waals surface area contributed by atoms with Gasteiger partial charge in [-0.15, -0.1) is 0 Å². The van der Waals surface area contributed by atoms with Gasteiger partial charge in [-0.1, -0.05) is 11.6 Å². The highest BCUT2D eigenvalue weighted by atomic mass is 35.5. The van der Waals surface area contributed by atoms with Crippen LogP contribution in [-0.2, 0) is 21.2 Å². The number of hydrogen-bond acceptors (Lipinski definition) is 7. The van der Waals surface area contributed by atoms with Crippen LogP contribution in [0.15, 0.2) is 41.2 Å². The molecule has 1 saturated heterocycles. The second-order valence-corrected chi connectivity index (χ2v) is 12.9. The van der Waals surface area contributed by atoms with E-state index < -0.39 is 21.2 Å². The van der Waals surface area contributed by atoms with Crippen molar-refractivity contribution in [1.82, 2.24) is 20.2 Å². The molecular formula is C27H33ClFN5O4S. The molecule has 0 bridgehead atoms. The molecule has 3 aromatic rings. The lowest BCUT2D eigenvalue weighted by atomic mass is 10.1. The molecule has 4 rings (SSSR count). The molecule has 1 amide bonds. The number of aromatic nitrogens is 2. The quantitative estimate of drug-likeness (QED) is 0.423. The minimum absolute atomic E-state index is 0.0157. The second-order valence-electron chi connectivity index (χ2n) is 10.2. The fraction of sp³-hybridized carbons (Fsp3) is 0.444. The molecule has 0 saturated carbocycles. The largest absolute Gasteiger partial charge is 0.370 e. The number of halogens is 2. The number of nitrogens with zero attached hydrogens (tertiary/aromatic N) is 3. The molecule has 210 valence electrons. The van der Waals surface area contributed by atoms with E-state index in [0.29, 0.717) is 29.4 Å². The molecule has 1 fully saturated rings. The van der Waals surface area contributed by atoms with Gasteiger partial charge in [0.15, 0.2) is 0 Å². The van der Waals surface area contributed by atoms with Crippen LogP contribution in [0.3, 0.4) is 0 Å². The first kappa shape index (κ1) is 29.0. The highest BCUT2D eigenvalue weighted by Crippen LogP contribution is 2.26. The Balaban J connectivity index is 1.76. The predicted molar refractivity (Wildman–Crippen MR) is 153 cm³/mol. The summed E-state index contributed by atoms with van der Waals surface area (Å²) in [5, 5.41) is 6.43. The van der Waals surface area contributed by atoms with Gasteiger partial charge in [-0.2, -0.15) is 0 Å². The number of carbonyl (C=O) groups excluding carboxylic acids is 1. The van der Waals surface area contributed by atoms with E-state index in [1.807, 2.05) is 19.9 Å². The standard InChI is InChI=1S/C27H33ClFN5O4S/c1-17(2)31-25(35)16-34-26(18-5-7-23(29)22(28)13-18)32-24-8-6-20(14-21(24)27(34)36)33-11-4-10-30-19(15-33)9-12-39(3,37)38/h5-8,13-14,17,19,30H,4,9-12,15-16H2,1-3H3,(H,31,35). The second kappa shape index (κ2) is 12.0. The van der Waals surface area contributed by atoms with Gasteiger partial charge in [0.05, 0.1) is 21.7 Å². The molecule has 1 unspecified atom stereocenters. The maximum Gasteiger partial charge on any atom is 0.262 e. The van der Waals surface area contributed by atoms with Gasteiger partial charge in [-0.3, -0.25) is 14.2 Å². The van der Waals surface area contributed by atoms with Gasteiger partial charge in [-0.05, 0) is 69.6 Å². The molecule has 1 aromatic heterocycles. The predicted octanol–water partition coefficient (Wildman–Crippen LogP) is 2.98. The maximum absolute atomic E-state index is 13.9. The lowest BCUT2D eigenvalue weighted by Gasteiger charge is -2.27. The Morgan fingerprint density at radius 3 is 2.72 bits per heavy atom. The normalized spacial score (nSPS) is 16.5. The van der Waals surface area contributed by atoms with Gasteiger partial charge in [0, 0.05) is 42.7 Å². The first-order valence-corrected chi connectivity index (χ1v) is 15.3. The van der Waals surface area contributed by atoms with Crippen LogP contribution in [0.2, 0.25) is 5.02 Å². The summed E-state index contributed by atoms with van der Waals surface area (Å²) in [5.74, 6) is -0.648. The third-order valence-corrected chi connectivity index (χ3v) is 7.81. The smallest absolute Gasteiger partial charge is 0.262 e. The highest BCUT2D eigenvalue weighted by molar-refractivity contribution is 7.90. The average molecular weight is 578 g/mol. The first-order valence-electron chi connectivity index (χ1n) is 12.9. The Kier molecular flexibility index (Phi) is 8.93. The van der Waals surface area contributed by atoms with Crippen LogP contribution in [0.25, 0.3) is 22.3 Å². The van der Waals surface area contributed by atoms with E-state index in [9.17, 15) is 22.4 Å². The maximum atomic E-state index is 13.9. The van der Waals surface area contributed by atoms with Gasteiger partial charge in [0.25, 0.3) is 5.56 Å². The van der Waals surface area contributed by atoms with Gasteiger partial charge < -0.3 is 15.5 Å². The topological polar surface area (TPSA) is 113 Å². The van der Waals surface area contributed by atoms with Crippen molar-refractivity contribution in [1.29, 1.82) is 0 Å². The van der Waals surface area contributed by atoms with E-state index in [0.717, 1.165) is 25.2 Å².